The Morgan fingerprint density at radius 1 is 1.13 bits per heavy atom. The summed E-state index contributed by atoms with van der Waals surface area (Å²) in [6.07, 6.45) is 0. The van der Waals surface area contributed by atoms with Crippen molar-refractivity contribution in [1.29, 1.82) is 5.26 Å². The van der Waals surface area contributed by atoms with E-state index in [9.17, 15) is 5.26 Å². The number of nitrogen functional groups attached to an aromatic ring is 2. The predicted octanol–water partition coefficient (Wildman–Crippen LogP) is 1.01. The lowest BCUT2D eigenvalue weighted by atomic mass is 10.0. The normalized spacial score (nSPS) is 15.3. The summed E-state index contributed by atoms with van der Waals surface area (Å²) in [5.74, 6) is 0.168. The first kappa shape index (κ1) is 15.2. The van der Waals surface area contributed by atoms with Crippen LogP contribution in [-0.4, -0.2) is 41.2 Å². The number of nitrogens with two attached hydrogens (primary N) is 2. The topological polar surface area (TPSA) is 114 Å². The fourth-order valence-corrected chi connectivity index (χ4v) is 2.60. The van der Waals surface area contributed by atoms with Gasteiger partial charge in [0.05, 0.1) is 18.9 Å². The molecular formula is C16H18N6O. The minimum Gasteiger partial charge on any atom is -0.382 e. The van der Waals surface area contributed by atoms with Crippen LogP contribution in [0.5, 0.6) is 0 Å². The van der Waals surface area contributed by atoms with E-state index >= 15 is 0 Å². The summed E-state index contributed by atoms with van der Waals surface area (Å²) in [6.45, 7) is 4.33. The summed E-state index contributed by atoms with van der Waals surface area (Å²) in [5, 5.41) is 9.25. The summed E-state index contributed by atoms with van der Waals surface area (Å²) in [6, 6.07) is 9.96. The van der Waals surface area contributed by atoms with E-state index in [0.29, 0.717) is 5.69 Å². The number of nitrogens with zero attached hydrogens (tertiary/aromatic N) is 4. The monoisotopic (exact) mass is 310 g/mol. The molecule has 23 heavy (non-hydrogen) atoms. The van der Waals surface area contributed by atoms with Crippen molar-refractivity contribution in [2.24, 2.45) is 0 Å². The fourth-order valence-electron chi connectivity index (χ4n) is 2.60. The van der Waals surface area contributed by atoms with E-state index < -0.39 is 0 Å². The van der Waals surface area contributed by atoms with Crippen LogP contribution in [0.4, 0.5) is 11.8 Å². The number of hydrogen-bond donors (Lipinski definition) is 2. The summed E-state index contributed by atoms with van der Waals surface area (Å²) in [4.78, 5) is 10.3. The van der Waals surface area contributed by atoms with Crippen LogP contribution in [0.3, 0.4) is 0 Å². The van der Waals surface area contributed by atoms with Gasteiger partial charge in [-0.25, -0.2) is 4.98 Å². The van der Waals surface area contributed by atoms with Crippen LogP contribution in [0, 0.1) is 11.3 Å². The van der Waals surface area contributed by atoms with Gasteiger partial charge in [0.2, 0.25) is 5.95 Å². The second-order valence-electron chi connectivity index (χ2n) is 5.39. The minimum absolute atomic E-state index is 0.0638. The van der Waals surface area contributed by atoms with Crippen LogP contribution >= 0.6 is 0 Å². The molecule has 0 saturated carbocycles. The smallest absolute Gasteiger partial charge is 0.222 e. The van der Waals surface area contributed by atoms with Gasteiger partial charge in [-0.3, -0.25) is 4.90 Å². The zero-order valence-electron chi connectivity index (χ0n) is 12.7. The molecule has 2 heterocycles. The fraction of sp³-hybridized carbons (Fsp3) is 0.312. The van der Waals surface area contributed by atoms with E-state index in [1.807, 2.05) is 30.3 Å². The molecule has 0 bridgehead atoms. The van der Waals surface area contributed by atoms with Crippen molar-refractivity contribution in [1.82, 2.24) is 14.9 Å². The molecule has 118 valence electrons. The third-order valence-electron chi connectivity index (χ3n) is 3.80. The molecule has 0 aliphatic carbocycles. The van der Waals surface area contributed by atoms with Crippen LogP contribution in [0.1, 0.15) is 11.1 Å². The Kier molecular flexibility index (Phi) is 4.37. The van der Waals surface area contributed by atoms with E-state index in [2.05, 4.69) is 14.9 Å². The standard InChI is InChI=1S/C16H18N6O/c17-9-13-14(20-16(19)21-15(13)18)12-3-1-11(2-4-12)10-22-5-7-23-8-6-22/h1-4H,5-8,10H2,(H4,18,19,20,21). The number of anilines is 2. The van der Waals surface area contributed by atoms with E-state index in [1.165, 1.54) is 5.56 Å². The van der Waals surface area contributed by atoms with Gasteiger partial charge in [0.15, 0.2) is 0 Å². The Bertz CT molecular complexity index is 731. The van der Waals surface area contributed by atoms with Crippen LogP contribution in [-0.2, 0) is 11.3 Å². The lowest BCUT2D eigenvalue weighted by Gasteiger charge is -2.26. The summed E-state index contributed by atoms with van der Waals surface area (Å²) in [7, 11) is 0. The minimum atomic E-state index is 0.0638. The Morgan fingerprint density at radius 2 is 1.83 bits per heavy atom. The largest absolute Gasteiger partial charge is 0.382 e. The average molecular weight is 310 g/mol. The molecule has 3 rings (SSSR count). The molecule has 1 aliphatic rings. The molecule has 0 unspecified atom stereocenters. The lowest BCUT2D eigenvalue weighted by Crippen LogP contribution is -2.35. The number of aromatic nitrogens is 2. The maximum absolute atomic E-state index is 9.25. The molecule has 1 fully saturated rings. The van der Waals surface area contributed by atoms with Gasteiger partial charge in [-0.15, -0.1) is 0 Å². The highest BCUT2D eigenvalue weighted by Gasteiger charge is 2.14. The molecule has 1 aromatic carbocycles. The second kappa shape index (κ2) is 6.60. The average Bonchev–Trinajstić information content (AvgIpc) is 2.56. The van der Waals surface area contributed by atoms with Crippen molar-refractivity contribution >= 4 is 11.8 Å². The number of morpholine rings is 1. The quantitative estimate of drug-likeness (QED) is 0.869. The third kappa shape index (κ3) is 3.39. The van der Waals surface area contributed by atoms with Gasteiger partial charge in [0.25, 0.3) is 0 Å². The number of nitriles is 1. The van der Waals surface area contributed by atoms with Gasteiger partial charge >= 0.3 is 0 Å². The molecule has 1 saturated heterocycles. The second-order valence-corrected chi connectivity index (χ2v) is 5.39. The molecule has 0 radical (unpaired) electrons. The van der Waals surface area contributed by atoms with Gasteiger partial charge in [-0.2, -0.15) is 10.2 Å². The molecule has 1 aliphatic heterocycles. The molecule has 4 N–H and O–H groups in total. The van der Waals surface area contributed by atoms with Crippen molar-refractivity contribution in [3.05, 3.63) is 35.4 Å². The Balaban J connectivity index is 1.84. The maximum atomic E-state index is 9.25. The van der Waals surface area contributed by atoms with Crippen molar-refractivity contribution in [3.63, 3.8) is 0 Å². The van der Waals surface area contributed by atoms with Crippen molar-refractivity contribution in [2.45, 2.75) is 6.54 Å². The Labute approximate surface area is 134 Å². The van der Waals surface area contributed by atoms with Crippen LogP contribution < -0.4 is 11.5 Å². The van der Waals surface area contributed by atoms with Gasteiger partial charge in [-0.05, 0) is 5.56 Å². The highest BCUT2D eigenvalue weighted by Crippen LogP contribution is 2.25. The van der Waals surface area contributed by atoms with Crippen molar-refractivity contribution in [3.8, 4) is 17.3 Å². The van der Waals surface area contributed by atoms with Gasteiger partial charge in [0.1, 0.15) is 17.5 Å². The van der Waals surface area contributed by atoms with Gasteiger partial charge in [0, 0.05) is 25.2 Å². The van der Waals surface area contributed by atoms with E-state index in [0.717, 1.165) is 38.4 Å². The molecular weight excluding hydrogens is 292 g/mol. The molecule has 0 spiro atoms. The highest BCUT2D eigenvalue weighted by atomic mass is 16.5. The number of ether oxygens (including phenoxy) is 1. The van der Waals surface area contributed by atoms with E-state index in [1.54, 1.807) is 0 Å². The molecule has 7 nitrogen and oxygen atoms in total. The van der Waals surface area contributed by atoms with Crippen LogP contribution in [0.2, 0.25) is 0 Å². The molecule has 0 amide bonds. The van der Waals surface area contributed by atoms with Gasteiger partial charge in [-0.1, -0.05) is 24.3 Å². The molecule has 2 aromatic rings. The van der Waals surface area contributed by atoms with Gasteiger partial charge < -0.3 is 16.2 Å². The number of hydrogen-bond acceptors (Lipinski definition) is 7. The molecule has 0 atom stereocenters. The zero-order valence-corrected chi connectivity index (χ0v) is 12.7. The zero-order chi connectivity index (χ0) is 16.2. The maximum Gasteiger partial charge on any atom is 0.222 e. The number of rotatable bonds is 3. The first-order valence-corrected chi connectivity index (χ1v) is 7.40. The summed E-state index contributed by atoms with van der Waals surface area (Å²) in [5.41, 5.74) is 14.1. The van der Waals surface area contributed by atoms with Crippen molar-refractivity contribution < 1.29 is 4.74 Å². The highest BCUT2D eigenvalue weighted by molar-refractivity contribution is 5.73. The number of benzene rings is 1. The lowest BCUT2D eigenvalue weighted by molar-refractivity contribution is 0.0342. The summed E-state index contributed by atoms with van der Waals surface area (Å²) < 4.78 is 5.35. The van der Waals surface area contributed by atoms with Crippen molar-refractivity contribution in [2.75, 3.05) is 37.8 Å². The van der Waals surface area contributed by atoms with E-state index in [4.69, 9.17) is 16.2 Å². The van der Waals surface area contributed by atoms with Crippen LogP contribution in [0.15, 0.2) is 24.3 Å². The third-order valence-corrected chi connectivity index (χ3v) is 3.80. The summed E-state index contributed by atoms with van der Waals surface area (Å²) >= 11 is 0. The molecule has 7 heteroatoms. The van der Waals surface area contributed by atoms with Crippen LogP contribution in [0.25, 0.3) is 11.3 Å². The van der Waals surface area contributed by atoms with E-state index in [-0.39, 0.29) is 17.3 Å². The Hall–Kier alpha value is -2.69. The Morgan fingerprint density at radius 3 is 2.48 bits per heavy atom. The molecule has 1 aromatic heterocycles. The first-order chi connectivity index (χ1) is 11.2. The predicted molar refractivity (Wildman–Crippen MR) is 87.1 cm³/mol. The first-order valence-electron chi connectivity index (χ1n) is 7.40. The SMILES string of the molecule is N#Cc1c(N)nc(N)nc1-c1ccc(CN2CCOCC2)cc1.